The lowest BCUT2D eigenvalue weighted by Crippen LogP contribution is -2.63. The molecule has 0 amide bonds. The Hall–Kier alpha value is -0.290. The molecule has 36 heavy (non-hydrogen) atoms. The van der Waals surface area contributed by atoms with Crippen molar-refractivity contribution in [2.45, 2.75) is 142 Å². The van der Waals surface area contributed by atoms with E-state index in [4.69, 9.17) is 0 Å². The lowest BCUT2D eigenvalue weighted by molar-refractivity contribution is -0.306. The van der Waals surface area contributed by atoms with Crippen LogP contribution in [0.4, 0.5) is 13.2 Å². The molecule has 0 aromatic carbocycles. The van der Waals surface area contributed by atoms with Gasteiger partial charge in [-0.1, -0.05) is 34.1 Å². The van der Waals surface area contributed by atoms with Crippen molar-refractivity contribution in [1.29, 1.82) is 0 Å². The van der Waals surface area contributed by atoms with Crippen LogP contribution < -0.4 is 0 Å². The molecule has 0 radical (unpaired) electrons. The zero-order valence-electron chi connectivity index (χ0n) is 23.2. The fourth-order valence-corrected chi connectivity index (χ4v) is 11.1. The van der Waals surface area contributed by atoms with E-state index in [0.29, 0.717) is 47.3 Å². The van der Waals surface area contributed by atoms with Crippen molar-refractivity contribution in [3.63, 3.8) is 0 Å². The van der Waals surface area contributed by atoms with E-state index in [0.717, 1.165) is 38.5 Å². The van der Waals surface area contributed by atoms with E-state index in [-0.39, 0.29) is 24.4 Å². The van der Waals surface area contributed by atoms with Crippen LogP contribution in [0.5, 0.6) is 0 Å². The third kappa shape index (κ3) is 3.94. The van der Waals surface area contributed by atoms with Crippen LogP contribution in [0, 0.1) is 51.8 Å². The molecule has 208 valence electrons. The van der Waals surface area contributed by atoms with Crippen LogP contribution >= 0.6 is 0 Å². The molecule has 5 aliphatic rings. The highest BCUT2D eigenvalue weighted by atomic mass is 19.4. The van der Waals surface area contributed by atoms with Crippen LogP contribution in [0.25, 0.3) is 0 Å². The van der Waals surface area contributed by atoms with Crippen molar-refractivity contribution >= 4 is 0 Å². The molecule has 5 aliphatic carbocycles. The number of fused-ring (bicyclic) bond motifs is 5. The summed E-state index contributed by atoms with van der Waals surface area (Å²) in [4.78, 5) is 0. The van der Waals surface area contributed by atoms with Gasteiger partial charge in [0.25, 0.3) is 0 Å². The topological polar surface area (TPSA) is 40.5 Å². The summed E-state index contributed by atoms with van der Waals surface area (Å²) in [6.07, 6.45) is 8.77. The molecule has 5 saturated carbocycles. The fraction of sp³-hybridized carbons (Fsp3) is 1.00. The van der Waals surface area contributed by atoms with Gasteiger partial charge in [-0.05, 0) is 142 Å². The van der Waals surface area contributed by atoms with Crippen molar-refractivity contribution in [2.75, 3.05) is 0 Å². The molecule has 2 N–H and O–H groups in total. The van der Waals surface area contributed by atoms with Crippen molar-refractivity contribution in [3.05, 3.63) is 0 Å². The summed E-state index contributed by atoms with van der Waals surface area (Å²) in [7, 11) is 0. The molecule has 5 heteroatoms. The number of alkyl halides is 3. The normalized spacial score (nSPS) is 48.9. The van der Waals surface area contributed by atoms with E-state index in [1.54, 1.807) is 0 Å². The van der Waals surface area contributed by atoms with E-state index < -0.39 is 17.2 Å². The fourth-order valence-electron chi connectivity index (χ4n) is 11.1. The highest BCUT2D eigenvalue weighted by Crippen LogP contribution is 2.73. The average Bonchev–Trinajstić information content (AvgIpc) is 3.13. The van der Waals surface area contributed by atoms with Crippen LogP contribution in [0.2, 0.25) is 0 Å². The molecule has 2 unspecified atom stereocenters. The first-order valence-corrected chi connectivity index (χ1v) is 15.3. The Labute approximate surface area is 217 Å². The van der Waals surface area contributed by atoms with Crippen LogP contribution in [-0.2, 0) is 0 Å². The lowest BCUT2D eigenvalue weighted by atomic mass is 9.38. The van der Waals surface area contributed by atoms with Gasteiger partial charge in [0.05, 0.1) is 6.10 Å². The molecule has 0 aliphatic heterocycles. The summed E-state index contributed by atoms with van der Waals surface area (Å²) >= 11 is 0. The monoisotopic (exact) mass is 512 g/mol. The van der Waals surface area contributed by atoms with Gasteiger partial charge in [-0.2, -0.15) is 13.2 Å². The van der Waals surface area contributed by atoms with Gasteiger partial charge in [0.1, 0.15) is 0 Å². The maximum Gasteiger partial charge on any atom is 0.417 e. The predicted octanol–water partition coefficient (Wildman–Crippen LogP) is 8.30. The van der Waals surface area contributed by atoms with Crippen LogP contribution in [0.1, 0.15) is 124 Å². The van der Waals surface area contributed by atoms with Crippen molar-refractivity contribution in [3.8, 4) is 0 Å². The van der Waals surface area contributed by atoms with E-state index in [1.165, 1.54) is 38.5 Å². The Balaban J connectivity index is 1.31. The zero-order valence-corrected chi connectivity index (χ0v) is 23.2. The van der Waals surface area contributed by atoms with E-state index >= 15 is 0 Å². The molecule has 0 aromatic rings. The van der Waals surface area contributed by atoms with Crippen LogP contribution in [0.3, 0.4) is 0 Å². The molecule has 5 fully saturated rings. The number of aliphatic hydroxyl groups excluding tert-OH is 1. The van der Waals surface area contributed by atoms with Crippen LogP contribution in [0.15, 0.2) is 0 Å². The zero-order chi connectivity index (χ0) is 26.1. The first-order chi connectivity index (χ1) is 16.8. The van der Waals surface area contributed by atoms with Crippen molar-refractivity contribution in [1.82, 2.24) is 0 Å². The Morgan fingerprint density at radius 2 is 1.61 bits per heavy atom. The van der Waals surface area contributed by atoms with Gasteiger partial charge >= 0.3 is 6.18 Å². The maximum absolute atomic E-state index is 13.9. The number of hydrogen-bond acceptors (Lipinski definition) is 2. The molecule has 2 nitrogen and oxygen atoms in total. The summed E-state index contributed by atoms with van der Waals surface area (Å²) in [5.74, 6) is 3.63. The molecule has 10 atom stereocenters. The smallest absolute Gasteiger partial charge is 0.393 e. The minimum absolute atomic E-state index is 0.107. The lowest BCUT2D eigenvalue weighted by Gasteiger charge is -2.67. The second kappa shape index (κ2) is 9.14. The maximum atomic E-state index is 13.9. The highest BCUT2D eigenvalue weighted by Gasteiger charge is 2.69. The SMILES string of the molecule is CCC12CC[C@H]3[C@@H]4CC[C@H]([C@H](C)CCC(O)C5CCC5)[C@@]4(C)CC[C@@H]3[C@@]1(C)CC[C@@](O)(C(F)(F)F)C2. The Morgan fingerprint density at radius 3 is 2.22 bits per heavy atom. The van der Waals surface area contributed by atoms with Gasteiger partial charge in [0, 0.05) is 0 Å². The van der Waals surface area contributed by atoms with Gasteiger partial charge in [-0.15, -0.1) is 0 Å². The summed E-state index contributed by atoms with van der Waals surface area (Å²) in [6, 6.07) is 0. The molecular formula is C31H51F3O2. The molecular weight excluding hydrogens is 461 g/mol. The van der Waals surface area contributed by atoms with E-state index in [9.17, 15) is 23.4 Å². The Morgan fingerprint density at radius 1 is 0.889 bits per heavy atom. The molecule has 0 saturated heterocycles. The first-order valence-electron chi connectivity index (χ1n) is 15.3. The summed E-state index contributed by atoms with van der Waals surface area (Å²) < 4.78 is 41.7. The van der Waals surface area contributed by atoms with Gasteiger partial charge in [0.15, 0.2) is 5.60 Å². The first kappa shape index (κ1) is 27.3. The summed E-state index contributed by atoms with van der Waals surface area (Å²) in [6.45, 7) is 9.33. The predicted molar refractivity (Wildman–Crippen MR) is 137 cm³/mol. The standard InChI is InChI=1S/C31H51F3O2/c1-5-29-16-13-22-24-11-10-23(20(2)9-12-26(35)21-7-6-8-21)27(24,3)15-14-25(22)28(29,4)17-18-30(36,19-29)31(32,33)34/h20-26,35-36H,5-19H2,1-4H3/t20-,22+,23-,24+,25+,26?,27-,28-,29?,30+/m1/s1. The quantitative estimate of drug-likeness (QED) is 0.376. The number of aliphatic hydroxyl groups is 2. The molecule has 5 rings (SSSR count). The Kier molecular flexibility index (Phi) is 6.92. The molecule has 0 bridgehead atoms. The second-order valence-electron chi connectivity index (χ2n) is 14.7. The largest absolute Gasteiger partial charge is 0.417 e. The summed E-state index contributed by atoms with van der Waals surface area (Å²) in [5, 5.41) is 21.3. The third-order valence-corrected chi connectivity index (χ3v) is 13.7. The van der Waals surface area contributed by atoms with Gasteiger partial charge < -0.3 is 10.2 Å². The van der Waals surface area contributed by atoms with E-state index in [1.807, 2.05) is 0 Å². The third-order valence-electron chi connectivity index (χ3n) is 13.7. The van der Waals surface area contributed by atoms with E-state index in [2.05, 4.69) is 27.7 Å². The Bertz CT molecular complexity index is 810. The van der Waals surface area contributed by atoms with Gasteiger partial charge in [-0.25, -0.2) is 0 Å². The molecule has 0 heterocycles. The van der Waals surface area contributed by atoms with Gasteiger partial charge in [-0.3, -0.25) is 0 Å². The number of rotatable bonds is 6. The number of hydrogen-bond donors (Lipinski definition) is 2. The summed E-state index contributed by atoms with van der Waals surface area (Å²) in [5.41, 5.74) is -2.71. The number of halogens is 3. The average molecular weight is 513 g/mol. The molecule has 0 aromatic heterocycles. The van der Waals surface area contributed by atoms with Gasteiger partial charge in [0.2, 0.25) is 0 Å². The molecule has 0 spiro atoms. The van der Waals surface area contributed by atoms with Crippen molar-refractivity contribution < 1.29 is 23.4 Å². The van der Waals surface area contributed by atoms with Crippen molar-refractivity contribution in [2.24, 2.45) is 51.8 Å². The minimum atomic E-state index is -4.54. The highest BCUT2D eigenvalue weighted by molar-refractivity contribution is 5.16. The minimum Gasteiger partial charge on any atom is -0.393 e. The van der Waals surface area contributed by atoms with Crippen LogP contribution in [-0.4, -0.2) is 28.1 Å². The second-order valence-corrected chi connectivity index (χ2v) is 14.7.